The summed E-state index contributed by atoms with van der Waals surface area (Å²) in [5.74, 6) is 0.874. The van der Waals surface area contributed by atoms with E-state index in [0.29, 0.717) is 0 Å². The molecule has 0 bridgehead atoms. The molecule has 0 aliphatic heterocycles. The SMILES string of the molecule is Cc1nn(C)c(C)c1CNCCCOCC1CC1. The smallest absolute Gasteiger partial charge is 0.0641 e. The minimum absolute atomic E-state index is 0.874. The van der Waals surface area contributed by atoms with Crippen LogP contribution in [0, 0.1) is 19.8 Å². The van der Waals surface area contributed by atoms with Gasteiger partial charge in [0.1, 0.15) is 0 Å². The molecule has 0 amide bonds. The van der Waals surface area contributed by atoms with Crippen LogP contribution in [0.15, 0.2) is 0 Å². The number of aryl methyl sites for hydroxylation is 2. The predicted octanol–water partition coefficient (Wildman–Crippen LogP) is 1.94. The molecule has 0 saturated heterocycles. The predicted molar refractivity (Wildman–Crippen MR) is 72.5 cm³/mol. The molecule has 0 unspecified atom stereocenters. The largest absolute Gasteiger partial charge is 0.381 e. The highest BCUT2D eigenvalue weighted by atomic mass is 16.5. The maximum atomic E-state index is 5.60. The molecular weight excluding hydrogens is 226 g/mol. The summed E-state index contributed by atoms with van der Waals surface area (Å²) in [4.78, 5) is 0. The maximum absolute atomic E-state index is 5.60. The average Bonchev–Trinajstić information content (AvgIpc) is 3.11. The fraction of sp³-hybridized carbons (Fsp3) is 0.786. The third-order valence-corrected chi connectivity index (χ3v) is 3.65. The minimum atomic E-state index is 0.874. The van der Waals surface area contributed by atoms with Crippen LogP contribution in [0.1, 0.15) is 36.2 Å². The van der Waals surface area contributed by atoms with Crippen LogP contribution in [-0.2, 0) is 18.3 Å². The zero-order valence-corrected chi connectivity index (χ0v) is 11.8. The van der Waals surface area contributed by atoms with E-state index in [1.165, 1.54) is 24.1 Å². The Balaban J connectivity index is 1.56. The van der Waals surface area contributed by atoms with Crippen LogP contribution in [0.2, 0.25) is 0 Å². The quantitative estimate of drug-likeness (QED) is 0.718. The number of rotatable bonds is 8. The lowest BCUT2D eigenvalue weighted by Crippen LogP contribution is -2.17. The lowest BCUT2D eigenvalue weighted by Gasteiger charge is -2.06. The first-order valence-corrected chi connectivity index (χ1v) is 6.96. The third kappa shape index (κ3) is 3.82. The van der Waals surface area contributed by atoms with Crippen molar-refractivity contribution in [3.8, 4) is 0 Å². The van der Waals surface area contributed by atoms with Crippen molar-refractivity contribution in [1.29, 1.82) is 0 Å². The van der Waals surface area contributed by atoms with Crippen LogP contribution in [0.5, 0.6) is 0 Å². The summed E-state index contributed by atoms with van der Waals surface area (Å²) in [5, 5.41) is 7.88. The van der Waals surface area contributed by atoms with E-state index >= 15 is 0 Å². The van der Waals surface area contributed by atoms with E-state index in [4.69, 9.17) is 4.74 Å². The van der Waals surface area contributed by atoms with E-state index in [1.807, 2.05) is 11.7 Å². The van der Waals surface area contributed by atoms with Crippen LogP contribution >= 0.6 is 0 Å². The molecule has 0 spiro atoms. The van der Waals surface area contributed by atoms with Gasteiger partial charge in [-0.3, -0.25) is 4.68 Å². The first kappa shape index (κ1) is 13.6. The second-order valence-electron chi connectivity index (χ2n) is 5.32. The Morgan fingerprint density at radius 3 is 2.78 bits per heavy atom. The zero-order chi connectivity index (χ0) is 13.0. The molecule has 1 N–H and O–H groups in total. The molecule has 1 aromatic rings. The monoisotopic (exact) mass is 251 g/mol. The van der Waals surface area contributed by atoms with Gasteiger partial charge < -0.3 is 10.1 Å². The van der Waals surface area contributed by atoms with Crippen LogP contribution in [0.4, 0.5) is 0 Å². The summed E-state index contributed by atoms with van der Waals surface area (Å²) in [6.45, 7) is 7.97. The van der Waals surface area contributed by atoms with Crippen molar-refractivity contribution in [1.82, 2.24) is 15.1 Å². The van der Waals surface area contributed by atoms with Crippen molar-refractivity contribution in [2.45, 2.75) is 39.7 Å². The van der Waals surface area contributed by atoms with Gasteiger partial charge in [0.25, 0.3) is 0 Å². The highest BCUT2D eigenvalue weighted by Gasteiger charge is 2.20. The maximum Gasteiger partial charge on any atom is 0.0641 e. The molecule has 1 aliphatic carbocycles. The second kappa shape index (κ2) is 6.34. The van der Waals surface area contributed by atoms with Crippen LogP contribution in [-0.4, -0.2) is 29.5 Å². The Kier molecular flexibility index (Phi) is 4.78. The molecule has 0 atom stereocenters. The minimum Gasteiger partial charge on any atom is -0.381 e. The Morgan fingerprint density at radius 1 is 1.39 bits per heavy atom. The Hall–Kier alpha value is -0.870. The van der Waals surface area contributed by atoms with E-state index in [-0.39, 0.29) is 0 Å². The summed E-state index contributed by atoms with van der Waals surface area (Å²) >= 11 is 0. The van der Waals surface area contributed by atoms with E-state index in [2.05, 4.69) is 24.3 Å². The van der Waals surface area contributed by atoms with Crippen molar-refractivity contribution in [3.05, 3.63) is 17.0 Å². The van der Waals surface area contributed by atoms with Gasteiger partial charge in [0.05, 0.1) is 5.69 Å². The summed E-state index contributed by atoms with van der Waals surface area (Å²) < 4.78 is 7.55. The van der Waals surface area contributed by atoms with E-state index in [0.717, 1.165) is 44.3 Å². The molecule has 18 heavy (non-hydrogen) atoms. The first-order chi connectivity index (χ1) is 8.68. The van der Waals surface area contributed by atoms with Gasteiger partial charge in [-0.25, -0.2) is 0 Å². The standard InChI is InChI=1S/C14H25N3O/c1-11-14(12(2)17(3)16-11)9-15-7-4-8-18-10-13-5-6-13/h13,15H,4-10H2,1-3H3. The van der Waals surface area contributed by atoms with Crippen molar-refractivity contribution in [2.75, 3.05) is 19.8 Å². The van der Waals surface area contributed by atoms with Gasteiger partial charge in [-0.05, 0) is 45.6 Å². The number of ether oxygens (including phenoxy) is 1. The summed E-state index contributed by atoms with van der Waals surface area (Å²) in [7, 11) is 2.00. The van der Waals surface area contributed by atoms with E-state index in [9.17, 15) is 0 Å². The third-order valence-electron chi connectivity index (χ3n) is 3.65. The van der Waals surface area contributed by atoms with Gasteiger partial charge in [0.2, 0.25) is 0 Å². The molecule has 2 rings (SSSR count). The number of nitrogens with one attached hydrogen (secondary N) is 1. The summed E-state index contributed by atoms with van der Waals surface area (Å²) in [6, 6.07) is 0. The van der Waals surface area contributed by atoms with Gasteiger partial charge >= 0.3 is 0 Å². The molecule has 1 saturated carbocycles. The molecule has 1 aromatic heterocycles. The number of hydrogen-bond acceptors (Lipinski definition) is 3. The highest BCUT2D eigenvalue weighted by Crippen LogP contribution is 2.28. The average molecular weight is 251 g/mol. The topological polar surface area (TPSA) is 39.1 Å². The first-order valence-electron chi connectivity index (χ1n) is 6.96. The molecule has 4 nitrogen and oxygen atoms in total. The molecule has 1 aliphatic rings. The van der Waals surface area contributed by atoms with Crippen molar-refractivity contribution in [2.24, 2.45) is 13.0 Å². The van der Waals surface area contributed by atoms with Gasteiger partial charge in [0.15, 0.2) is 0 Å². The van der Waals surface area contributed by atoms with Gasteiger partial charge in [-0.2, -0.15) is 5.10 Å². The van der Waals surface area contributed by atoms with Crippen LogP contribution in [0.25, 0.3) is 0 Å². The molecule has 102 valence electrons. The summed E-state index contributed by atoms with van der Waals surface area (Å²) in [6.07, 6.45) is 3.83. The number of aromatic nitrogens is 2. The molecule has 0 aromatic carbocycles. The van der Waals surface area contributed by atoms with Crippen molar-refractivity contribution < 1.29 is 4.74 Å². The molecule has 1 heterocycles. The van der Waals surface area contributed by atoms with Crippen LogP contribution < -0.4 is 5.32 Å². The Labute approximate surface area is 110 Å². The van der Waals surface area contributed by atoms with Gasteiger partial charge in [-0.15, -0.1) is 0 Å². The van der Waals surface area contributed by atoms with Gasteiger partial charge in [-0.1, -0.05) is 0 Å². The number of hydrogen-bond donors (Lipinski definition) is 1. The number of nitrogens with zero attached hydrogens (tertiary/aromatic N) is 2. The normalized spacial score (nSPS) is 15.3. The highest BCUT2D eigenvalue weighted by molar-refractivity contribution is 5.23. The fourth-order valence-electron chi connectivity index (χ4n) is 2.12. The fourth-order valence-corrected chi connectivity index (χ4v) is 2.12. The molecule has 4 heteroatoms. The van der Waals surface area contributed by atoms with Gasteiger partial charge in [0, 0.05) is 38.1 Å². The zero-order valence-electron chi connectivity index (χ0n) is 11.8. The van der Waals surface area contributed by atoms with E-state index in [1.54, 1.807) is 0 Å². The molecule has 1 fully saturated rings. The Morgan fingerprint density at radius 2 is 2.17 bits per heavy atom. The lowest BCUT2D eigenvalue weighted by molar-refractivity contribution is 0.122. The Bertz CT molecular complexity index is 383. The van der Waals surface area contributed by atoms with Crippen molar-refractivity contribution >= 4 is 0 Å². The molecular formula is C14H25N3O. The lowest BCUT2D eigenvalue weighted by atomic mass is 10.2. The van der Waals surface area contributed by atoms with E-state index < -0.39 is 0 Å². The second-order valence-corrected chi connectivity index (χ2v) is 5.32. The molecule has 0 radical (unpaired) electrons. The van der Waals surface area contributed by atoms with Crippen molar-refractivity contribution in [3.63, 3.8) is 0 Å². The van der Waals surface area contributed by atoms with Crippen LogP contribution in [0.3, 0.4) is 0 Å². The summed E-state index contributed by atoms with van der Waals surface area (Å²) in [5.41, 5.74) is 3.72.